The lowest BCUT2D eigenvalue weighted by atomic mass is 10.2. The highest BCUT2D eigenvalue weighted by Gasteiger charge is 2.21. The number of hydrogen-bond donors (Lipinski definition) is 0. The Morgan fingerprint density at radius 2 is 1.67 bits per heavy atom. The minimum absolute atomic E-state index is 0. The maximum atomic E-state index is 12.2. The highest BCUT2D eigenvalue weighted by molar-refractivity contribution is 6.33. The summed E-state index contributed by atoms with van der Waals surface area (Å²) in [6, 6.07) is 3.10. The average Bonchev–Trinajstić information content (AvgIpc) is 2.28. The molecule has 1 amide bonds. The smallest absolute Gasteiger partial charge is 0.254 e. The Morgan fingerprint density at radius 3 is 2.17 bits per heavy atom. The van der Waals surface area contributed by atoms with Gasteiger partial charge in [-0.05, 0) is 19.2 Å². The van der Waals surface area contributed by atoms with Gasteiger partial charge in [0.25, 0.3) is 5.91 Å². The van der Waals surface area contributed by atoms with Crippen molar-refractivity contribution in [2.24, 2.45) is 0 Å². The van der Waals surface area contributed by atoms with Gasteiger partial charge < -0.3 is 9.80 Å². The first kappa shape index (κ1) is 15.5. The quantitative estimate of drug-likeness (QED) is 0.746. The molecule has 0 N–H and O–H groups in total. The number of halogens is 3. The first-order chi connectivity index (χ1) is 8.06. The van der Waals surface area contributed by atoms with Gasteiger partial charge in [0.1, 0.15) is 10.3 Å². The van der Waals surface area contributed by atoms with Crippen molar-refractivity contribution in [1.82, 2.24) is 14.8 Å². The van der Waals surface area contributed by atoms with Gasteiger partial charge >= 0.3 is 0 Å². The lowest BCUT2D eigenvalue weighted by Crippen LogP contribution is -2.47. The SMILES string of the molecule is CN1CCN(C(=O)c2cc(Cl)nc(Cl)c2)CC1.Cl. The zero-order valence-corrected chi connectivity index (χ0v) is 12.2. The number of piperazine rings is 1. The van der Waals surface area contributed by atoms with E-state index in [9.17, 15) is 4.79 Å². The van der Waals surface area contributed by atoms with Crippen molar-refractivity contribution >= 4 is 41.5 Å². The maximum Gasteiger partial charge on any atom is 0.254 e. The molecular weight excluding hydrogens is 296 g/mol. The van der Waals surface area contributed by atoms with Crippen LogP contribution in [0.2, 0.25) is 10.3 Å². The fraction of sp³-hybridized carbons (Fsp3) is 0.455. The van der Waals surface area contributed by atoms with Gasteiger partial charge in [0.15, 0.2) is 0 Å². The number of hydrogen-bond acceptors (Lipinski definition) is 3. The molecule has 0 bridgehead atoms. The third kappa shape index (κ3) is 3.72. The zero-order valence-electron chi connectivity index (χ0n) is 9.90. The van der Waals surface area contributed by atoms with Crippen LogP contribution in [0.5, 0.6) is 0 Å². The van der Waals surface area contributed by atoms with Crippen molar-refractivity contribution < 1.29 is 4.79 Å². The van der Waals surface area contributed by atoms with Gasteiger partial charge in [-0.25, -0.2) is 4.98 Å². The zero-order chi connectivity index (χ0) is 12.4. The largest absolute Gasteiger partial charge is 0.336 e. The highest BCUT2D eigenvalue weighted by atomic mass is 35.5. The van der Waals surface area contributed by atoms with E-state index in [2.05, 4.69) is 9.88 Å². The fourth-order valence-corrected chi connectivity index (χ4v) is 2.24. The second kappa shape index (κ2) is 6.57. The van der Waals surface area contributed by atoms with Crippen LogP contribution in [0.3, 0.4) is 0 Å². The summed E-state index contributed by atoms with van der Waals surface area (Å²) in [7, 11) is 2.04. The van der Waals surface area contributed by atoms with Crippen LogP contribution in [0.15, 0.2) is 12.1 Å². The molecule has 1 aliphatic rings. The highest BCUT2D eigenvalue weighted by Crippen LogP contribution is 2.16. The predicted molar refractivity (Wildman–Crippen MR) is 74.9 cm³/mol. The van der Waals surface area contributed by atoms with Crippen LogP contribution in [-0.2, 0) is 0 Å². The van der Waals surface area contributed by atoms with E-state index in [0.29, 0.717) is 5.56 Å². The van der Waals surface area contributed by atoms with Crippen molar-refractivity contribution in [2.75, 3.05) is 33.2 Å². The van der Waals surface area contributed by atoms with E-state index in [0.717, 1.165) is 26.2 Å². The summed E-state index contributed by atoms with van der Waals surface area (Å²) < 4.78 is 0. The molecule has 0 aliphatic carbocycles. The molecule has 0 radical (unpaired) electrons. The lowest BCUT2D eigenvalue weighted by Gasteiger charge is -2.32. The van der Waals surface area contributed by atoms with Gasteiger partial charge in [-0.2, -0.15) is 0 Å². The van der Waals surface area contributed by atoms with Crippen LogP contribution in [0.1, 0.15) is 10.4 Å². The molecule has 2 heterocycles. The predicted octanol–water partition coefficient (Wildman–Crippen LogP) is 2.20. The molecule has 100 valence electrons. The third-order valence-electron chi connectivity index (χ3n) is 2.80. The summed E-state index contributed by atoms with van der Waals surface area (Å²) in [4.78, 5) is 20.0. The molecule has 0 saturated carbocycles. The molecule has 4 nitrogen and oxygen atoms in total. The fourth-order valence-electron chi connectivity index (χ4n) is 1.78. The summed E-state index contributed by atoms with van der Waals surface area (Å²) in [6.07, 6.45) is 0. The Balaban J connectivity index is 0.00000162. The Kier molecular flexibility index (Phi) is 5.66. The second-order valence-corrected chi connectivity index (χ2v) is 4.87. The Hall–Kier alpha value is -0.550. The molecule has 0 spiro atoms. The topological polar surface area (TPSA) is 36.4 Å². The lowest BCUT2D eigenvalue weighted by molar-refractivity contribution is 0.0664. The van der Waals surface area contributed by atoms with Crippen molar-refractivity contribution in [1.29, 1.82) is 0 Å². The van der Waals surface area contributed by atoms with Gasteiger partial charge in [0.2, 0.25) is 0 Å². The average molecular weight is 311 g/mol. The summed E-state index contributed by atoms with van der Waals surface area (Å²) in [5.74, 6) is -0.0377. The van der Waals surface area contributed by atoms with Crippen LogP contribution in [0.4, 0.5) is 0 Å². The van der Waals surface area contributed by atoms with E-state index in [-0.39, 0.29) is 28.6 Å². The van der Waals surface area contributed by atoms with E-state index < -0.39 is 0 Å². The van der Waals surface area contributed by atoms with Gasteiger partial charge in [0, 0.05) is 31.7 Å². The first-order valence-corrected chi connectivity index (χ1v) is 6.13. The van der Waals surface area contributed by atoms with Crippen LogP contribution < -0.4 is 0 Å². The molecule has 18 heavy (non-hydrogen) atoms. The second-order valence-electron chi connectivity index (χ2n) is 4.10. The van der Waals surface area contributed by atoms with Crippen LogP contribution in [-0.4, -0.2) is 53.9 Å². The van der Waals surface area contributed by atoms with Crippen molar-refractivity contribution in [3.05, 3.63) is 28.0 Å². The van der Waals surface area contributed by atoms with E-state index in [1.54, 1.807) is 12.1 Å². The first-order valence-electron chi connectivity index (χ1n) is 5.37. The standard InChI is InChI=1S/C11H13Cl2N3O.ClH/c1-15-2-4-16(5-3-15)11(17)8-6-9(12)14-10(13)7-8;/h6-7H,2-5H2,1H3;1H. The van der Waals surface area contributed by atoms with E-state index >= 15 is 0 Å². The molecule has 1 aromatic rings. The molecule has 1 saturated heterocycles. The normalized spacial score (nSPS) is 16.3. The number of rotatable bonds is 1. The van der Waals surface area contributed by atoms with Crippen LogP contribution in [0.25, 0.3) is 0 Å². The Bertz CT molecular complexity index is 413. The number of aromatic nitrogens is 1. The van der Waals surface area contributed by atoms with Crippen molar-refractivity contribution in [3.63, 3.8) is 0 Å². The minimum Gasteiger partial charge on any atom is -0.336 e. The Morgan fingerprint density at radius 1 is 1.17 bits per heavy atom. The molecule has 2 rings (SSSR count). The monoisotopic (exact) mass is 309 g/mol. The number of carbonyl (C=O) groups is 1. The molecule has 0 unspecified atom stereocenters. The van der Waals surface area contributed by atoms with Gasteiger partial charge in [-0.1, -0.05) is 23.2 Å². The van der Waals surface area contributed by atoms with Gasteiger partial charge in [-0.15, -0.1) is 12.4 Å². The third-order valence-corrected chi connectivity index (χ3v) is 3.19. The van der Waals surface area contributed by atoms with Gasteiger partial charge in [0.05, 0.1) is 0 Å². The summed E-state index contributed by atoms with van der Waals surface area (Å²) in [6.45, 7) is 3.23. The molecule has 1 aromatic heterocycles. The number of likely N-dealkylation sites (N-methyl/N-ethyl adjacent to an activating group) is 1. The summed E-state index contributed by atoms with van der Waals surface area (Å²) in [5, 5.41) is 0.491. The van der Waals surface area contributed by atoms with E-state index in [4.69, 9.17) is 23.2 Å². The Labute approximate surface area is 122 Å². The van der Waals surface area contributed by atoms with Gasteiger partial charge in [-0.3, -0.25) is 4.79 Å². The molecular formula is C11H14Cl3N3O. The molecule has 1 aliphatic heterocycles. The minimum atomic E-state index is -0.0377. The number of amides is 1. The van der Waals surface area contributed by atoms with Crippen molar-refractivity contribution in [3.8, 4) is 0 Å². The molecule has 7 heteroatoms. The number of pyridine rings is 1. The maximum absolute atomic E-state index is 12.2. The summed E-state index contributed by atoms with van der Waals surface area (Å²) >= 11 is 11.6. The van der Waals surface area contributed by atoms with E-state index in [1.807, 2.05) is 11.9 Å². The van der Waals surface area contributed by atoms with Crippen LogP contribution >= 0.6 is 35.6 Å². The van der Waals surface area contributed by atoms with Crippen LogP contribution in [0, 0.1) is 0 Å². The molecule has 0 aromatic carbocycles. The summed E-state index contributed by atoms with van der Waals surface area (Å²) in [5.41, 5.74) is 0.500. The molecule has 1 fully saturated rings. The molecule has 0 atom stereocenters. The number of nitrogens with zero attached hydrogens (tertiary/aromatic N) is 3. The number of carbonyl (C=O) groups excluding carboxylic acids is 1. The van der Waals surface area contributed by atoms with Crippen molar-refractivity contribution in [2.45, 2.75) is 0 Å². The van der Waals surface area contributed by atoms with E-state index in [1.165, 1.54) is 0 Å².